The van der Waals surface area contributed by atoms with Crippen LogP contribution in [0.2, 0.25) is 5.02 Å². The Morgan fingerprint density at radius 1 is 1.14 bits per heavy atom. The normalized spacial score (nSPS) is 15.2. The molecule has 2 aromatic heterocycles. The summed E-state index contributed by atoms with van der Waals surface area (Å²) in [7, 11) is 0. The minimum atomic E-state index is -0.718. The topological polar surface area (TPSA) is 74.8 Å². The van der Waals surface area contributed by atoms with E-state index in [1.54, 1.807) is 30.5 Å². The number of carbonyl (C=O) groups is 1. The van der Waals surface area contributed by atoms with Crippen LogP contribution in [-0.4, -0.2) is 27.8 Å². The number of esters is 1. The number of benzene rings is 2. The quantitative estimate of drug-likeness (QED) is 0.250. The zero-order valence-corrected chi connectivity index (χ0v) is 25.8. The summed E-state index contributed by atoms with van der Waals surface area (Å²) in [6.45, 7) is 11.5. The summed E-state index contributed by atoms with van der Waals surface area (Å²) < 4.78 is 29.0. The van der Waals surface area contributed by atoms with Crippen LogP contribution in [0.4, 0.5) is 4.39 Å². The van der Waals surface area contributed by atoms with E-state index >= 15 is 0 Å². The summed E-state index contributed by atoms with van der Waals surface area (Å²) in [6.07, 6.45) is 1.83. The SMILES string of the molecule is CCOC(=O)C1=C(C)N=c2s/c(=C/c3cc(C)n(-c4ccc(F)c(Cl)c4)c3C)c(=O)n2[C@H]1c1ccc(OC(C)C)cc1. The Balaban J connectivity index is 1.66. The Bertz CT molecular complexity index is 1900. The molecule has 42 heavy (non-hydrogen) atoms. The zero-order valence-electron chi connectivity index (χ0n) is 24.2. The van der Waals surface area contributed by atoms with E-state index in [0.29, 0.717) is 26.4 Å². The Morgan fingerprint density at radius 2 is 1.86 bits per heavy atom. The molecule has 1 aliphatic rings. The van der Waals surface area contributed by atoms with E-state index in [1.165, 1.54) is 17.4 Å². The van der Waals surface area contributed by atoms with Crippen molar-refractivity contribution in [2.45, 2.75) is 53.7 Å². The van der Waals surface area contributed by atoms with Crippen LogP contribution in [0, 0.1) is 19.7 Å². The van der Waals surface area contributed by atoms with Crippen LogP contribution < -0.4 is 19.6 Å². The molecule has 0 bridgehead atoms. The first-order chi connectivity index (χ1) is 20.0. The van der Waals surface area contributed by atoms with Gasteiger partial charge in [0.05, 0.1) is 39.6 Å². The van der Waals surface area contributed by atoms with Gasteiger partial charge in [-0.05, 0) is 95.1 Å². The van der Waals surface area contributed by atoms with Crippen LogP contribution in [0.15, 0.2) is 69.6 Å². The lowest BCUT2D eigenvalue weighted by Crippen LogP contribution is -2.39. The van der Waals surface area contributed by atoms with E-state index in [1.807, 2.05) is 68.7 Å². The van der Waals surface area contributed by atoms with Gasteiger partial charge in [0.15, 0.2) is 4.80 Å². The van der Waals surface area contributed by atoms with Gasteiger partial charge in [-0.2, -0.15) is 0 Å². The van der Waals surface area contributed by atoms with E-state index in [0.717, 1.165) is 28.2 Å². The molecule has 0 fully saturated rings. The lowest BCUT2D eigenvalue weighted by Gasteiger charge is -2.25. The van der Waals surface area contributed by atoms with Crippen LogP contribution in [0.3, 0.4) is 0 Å². The van der Waals surface area contributed by atoms with Gasteiger partial charge in [-0.3, -0.25) is 9.36 Å². The van der Waals surface area contributed by atoms with Crippen LogP contribution in [-0.2, 0) is 9.53 Å². The highest BCUT2D eigenvalue weighted by Crippen LogP contribution is 2.32. The fourth-order valence-corrected chi connectivity index (χ4v) is 6.42. The molecule has 2 aromatic carbocycles. The van der Waals surface area contributed by atoms with Crippen molar-refractivity contribution < 1.29 is 18.7 Å². The zero-order chi connectivity index (χ0) is 30.3. The highest BCUT2D eigenvalue weighted by Gasteiger charge is 2.33. The van der Waals surface area contributed by atoms with E-state index in [2.05, 4.69) is 4.99 Å². The molecule has 4 aromatic rings. The van der Waals surface area contributed by atoms with Crippen LogP contribution in [0.5, 0.6) is 5.75 Å². The number of rotatable bonds is 7. The first-order valence-electron chi connectivity index (χ1n) is 13.6. The van der Waals surface area contributed by atoms with Crippen molar-refractivity contribution in [1.82, 2.24) is 9.13 Å². The molecule has 0 N–H and O–H groups in total. The first-order valence-corrected chi connectivity index (χ1v) is 14.8. The molecule has 0 unspecified atom stereocenters. The maximum atomic E-state index is 14.0. The van der Waals surface area contributed by atoms with Crippen molar-refractivity contribution in [3.8, 4) is 11.4 Å². The van der Waals surface area contributed by atoms with Crippen molar-refractivity contribution in [1.29, 1.82) is 0 Å². The number of allylic oxidation sites excluding steroid dienone is 1. The number of nitrogens with zero attached hydrogens (tertiary/aromatic N) is 3. The summed E-state index contributed by atoms with van der Waals surface area (Å²) in [6, 6.07) is 13.2. The number of ether oxygens (including phenoxy) is 2. The third-order valence-corrected chi connectivity index (χ3v) is 8.28. The van der Waals surface area contributed by atoms with Gasteiger partial charge in [-0.25, -0.2) is 14.2 Å². The van der Waals surface area contributed by atoms with Crippen LogP contribution in [0.1, 0.15) is 56.3 Å². The highest BCUT2D eigenvalue weighted by molar-refractivity contribution is 7.07. The third-order valence-electron chi connectivity index (χ3n) is 7.00. The summed E-state index contributed by atoms with van der Waals surface area (Å²) in [5.74, 6) is -0.308. The van der Waals surface area contributed by atoms with E-state index in [9.17, 15) is 14.0 Å². The van der Waals surface area contributed by atoms with Gasteiger partial charge in [-0.15, -0.1) is 0 Å². The number of aromatic nitrogens is 2. The molecular formula is C32H31ClFN3O4S. The first kappa shape index (κ1) is 29.5. The van der Waals surface area contributed by atoms with E-state index < -0.39 is 17.8 Å². The average Bonchev–Trinajstić information content (AvgIpc) is 3.39. The lowest BCUT2D eigenvalue weighted by atomic mass is 9.96. The molecule has 0 spiro atoms. The molecule has 10 heteroatoms. The number of halogens is 2. The molecule has 0 amide bonds. The van der Waals surface area contributed by atoms with Gasteiger partial charge in [0.25, 0.3) is 5.56 Å². The van der Waals surface area contributed by atoms with Crippen molar-refractivity contribution >= 4 is 35.0 Å². The Morgan fingerprint density at radius 3 is 2.50 bits per heavy atom. The minimum absolute atomic E-state index is 0.00718. The van der Waals surface area contributed by atoms with Gasteiger partial charge in [0, 0.05) is 17.1 Å². The molecule has 0 saturated heterocycles. The van der Waals surface area contributed by atoms with Gasteiger partial charge >= 0.3 is 5.97 Å². The molecule has 0 saturated carbocycles. The number of thiazole rings is 1. The van der Waals surface area contributed by atoms with E-state index in [4.69, 9.17) is 21.1 Å². The predicted molar refractivity (Wildman–Crippen MR) is 163 cm³/mol. The van der Waals surface area contributed by atoms with Gasteiger partial charge < -0.3 is 14.0 Å². The summed E-state index contributed by atoms with van der Waals surface area (Å²) >= 11 is 7.31. The molecule has 1 aliphatic heterocycles. The van der Waals surface area contributed by atoms with Gasteiger partial charge in [0.2, 0.25) is 0 Å². The second-order valence-corrected chi connectivity index (χ2v) is 11.7. The molecule has 3 heterocycles. The molecule has 0 radical (unpaired) electrons. The number of aryl methyl sites for hydroxylation is 1. The molecule has 7 nitrogen and oxygen atoms in total. The van der Waals surface area contributed by atoms with Crippen molar-refractivity contribution in [2.24, 2.45) is 4.99 Å². The number of carbonyl (C=O) groups excluding carboxylic acids is 1. The maximum Gasteiger partial charge on any atom is 0.338 e. The fourth-order valence-electron chi connectivity index (χ4n) is 5.20. The smallest absolute Gasteiger partial charge is 0.338 e. The standard InChI is InChI=1S/C32H31ClFN3O4S/c1-7-40-31(39)28-19(5)35-32-37(29(28)21-8-11-24(12-9-21)41-17(2)3)30(38)27(42-32)15-22-14-18(4)36(20(22)6)23-10-13-26(34)25(33)16-23/h8-17,29H,7H2,1-6H3/b27-15+/t29-/m0/s1. The Hall–Kier alpha value is -3.95. The minimum Gasteiger partial charge on any atom is -0.491 e. The molecular weight excluding hydrogens is 577 g/mol. The highest BCUT2D eigenvalue weighted by atomic mass is 35.5. The summed E-state index contributed by atoms with van der Waals surface area (Å²) in [5, 5.41) is 0.0337. The van der Waals surface area contributed by atoms with Crippen molar-refractivity contribution in [3.63, 3.8) is 0 Å². The molecule has 1 atom stereocenters. The second kappa shape index (κ2) is 11.7. The third kappa shape index (κ3) is 5.46. The Kier molecular flexibility index (Phi) is 8.25. The second-order valence-electron chi connectivity index (χ2n) is 10.3. The molecule has 5 rings (SSSR count). The summed E-state index contributed by atoms with van der Waals surface area (Å²) in [4.78, 5) is 32.3. The molecule has 0 aliphatic carbocycles. The molecule has 218 valence electrons. The fraction of sp³-hybridized carbons (Fsp3) is 0.281. The van der Waals surface area contributed by atoms with Crippen molar-refractivity contribution in [3.05, 3.63) is 113 Å². The predicted octanol–water partition coefficient (Wildman–Crippen LogP) is 5.79. The number of fused-ring (bicyclic) bond motifs is 1. The maximum absolute atomic E-state index is 14.0. The van der Waals surface area contributed by atoms with Crippen LogP contribution >= 0.6 is 22.9 Å². The van der Waals surface area contributed by atoms with E-state index in [-0.39, 0.29) is 23.3 Å². The van der Waals surface area contributed by atoms with Crippen molar-refractivity contribution in [2.75, 3.05) is 6.61 Å². The Labute approximate surface area is 251 Å². The number of hydrogen-bond donors (Lipinski definition) is 0. The number of hydrogen-bond acceptors (Lipinski definition) is 6. The largest absolute Gasteiger partial charge is 0.491 e. The summed E-state index contributed by atoms with van der Waals surface area (Å²) in [5.41, 5.74) is 4.60. The van der Waals surface area contributed by atoms with Gasteiger partial charge in [-0.1, -0.05) is 35.1 Å². The van der Waals surface area contributed by atoms with Crippen LogP contribution in [0.25, 0.3) is 11.8 Å². The lowest BCUT2D eigenvalue weighted by molar-refractivity contribution is -0.139. The van der Waals surface area contributed by atoms with Gasteiger partial charge in [0.1, 0.15) is 11.6 Å². The monoisotopic (exact) mass is 607 g/mol. The average molecular weight is 608 g/mol.